The summed E-state index contributed by atoms with van der Waals surface area (Å²) in [5, 5.41) is 9.70. The fourth-order valence-corrected chi connectivity index (χ4v) is 1.82. The largest absolute Gasteiger partial charge is 0.355 e. The fourth-order valence-electron chi connectivity index (χ4n) is 1.82. The highest BCUT2D eigenvalue weighted by Gasteiger charge is 2.43. The van der Waals surface area contributed by atoms with E-state index in [0.717, 1.165) is 0 Å². The highest BCUT2D eigenvalue weighted by molar-refractivity contribution is 6.05. The predicted molar refractivity (Wildman–Crippen MR) is 48.2 cm³/mol. The molecular weight excluding hydrogens is 216 g/mol. The number of carbonyl (C=O) groups is 4. The molecule has 2 saturated heterocycles. The van der Waals surface area contributed by atoms with Crippen LogP contribution in [0.2, 0.25) is 0 Å². The second kappa shape index (κ2) is 3.67. The van der Waals surface area contributed by atoms with E-state index in [1.165, 1.54) is 0 Å². The topological polar surface area (TPSA) is 95.0 Å². The number of rotatable bonds is 2. The molecule has 86 valence electrons. The molecule has 0 bridgehead atoms. The second-order valence-corrected chi connectivity index (χ2v) is 3.66. The number of aliphatic hydroxyl groups excluding tert-OH is 1. The average molecular weight is 226 g/mol. The molecule has 1 N–H and O–H groups in total. The zero-order chi connectivity index (χ0) is 11.9. The molecule has 2 rings (SSSR count). The molecule has 2 aliphatic rings. The maximum absolute atomic E-state index is 11.3. The number of hydrogen-bond acceptors (Lipinski definition) is 5. The summed E-state index contributed by atoms with van der Waals surface area (Å²) in [6, 6.07) is 0. The van der Waals surface area contributed by atoms with Crippen LogP contribution < -0.4 is 0 Å². The Morgan fingerprint density at radius 2 is 1.00 bits per heavy atom. The van der Waals surface area contributed by atoms with Crippen LogP contribution >= 0.6 is 0 Å². The number of aliphatic hydroxyl groups is 1. The van der Waals surface area contributed by atoms with Gasteiger partial charge in [-0.1, -0.05) is 0 Å². The first-order valence-electron chi connectivity index (χ1n) is 4.90. The summed E-state index contributed by atoms with van der Waals surface area (Å²) in [5.41, 5.74) is 0. The van der Waals surface area contributed by atoms with E-state index in [2.05, 4.69) is 0 Å². The van der Waals surface area contributed by atoms with Crippen molar-refractivity contribution in [2.75, 3.05) is 0 Å². The van der Waals surface area contributed by atoms with Crippen molar-refractivity contribution in [2.24, 2.45) is 0 Å². The molecule has 0 aromatic rings. The van der Waals surface area contributed by atoms with Crippen LogP contribution in [0.25, 0.3) is 0 Å². The van der Waals surface area contributed by atoms with Gasteiger partial charge in [0, 0.05) is 25.7 Å². The van der Waals surface area contributed by atoms with Crippen LogP contribution in [-0.2, 0) is 19.2 Å². The first-order valence-corrected chi connectivity index (χ1v) is 4.90. The van der Waals surface area contributed by atoms with Gasteiger partial charge in [0.25, 0.3) is 0 Å². The van der Waals surface area contributed by atoms with E-state index in [4.69, 9.17) is 0 Å². The van der Waals surface area contributed by atoms with Gasteiger partial charge >= 0.3 is 0 Å². The van der Waals surface area contributed by atoms with Gasteiger partial charge in [-0.25, -0.2) is 9.80 Å². The van der Waals surface area contributed by atoms with Crippen LogP contribution in [0, 0.1) is 0 Å². The molecule has 2 heterocycles. The van der Waals surface area contributed by atoms with E-state index in [-0.39, 0.29) is 25.7 Å². The Bertz CT molecular complexity index is 323. The van der Waals surface area contributed by atoms with Gasteiger partial charge in [-0.3, -0.25) is 19.2 Å². The van der Waals surface area contributed by atoms with Crippen molar-refractivity contribution in [3.63, 3.8) is 0 Å². The quantitative estimate of drug-likeness (QED) is 0.582. The Labute approximate surface area is 90.6 Å². The molecule has 16 heavy (non-hydrogen) atoms. The van der Waals surface area contributed by atoms with E-state index in [0.29, 0.717) is 9.80 Å². The van der Waals surface area contributed by atoms with E-state index in [1.807, 2.05) is 0 Å². The minimum atomic E-state index is -1.77. The van der Waals surface area contributed by atoms with Gasteiger partial charge in [0.1, 0.15) is 0 Å². The number of imide groups is 2. The third kappa shape index (κ3) is 1.49. The smallest absolute Gasteiger partial charge is 0.233 e. The second-order valence-electron chi connectivity index (χ2n) is 3.66. The Morgan fingerprint density at radius 3 is 1.25 bits per heavy atom. The normalized spacial score (nSPS) is 21.9. The Kier molecular flexibility index (Phi) is 2.47. The maximum Gasteiger partial charge on any atom is 0.233 e. The summed E-state index contributed by atoms with van der Waals surface area (Å²) >= 11 is 0. The van der Waals surface area contributed by atoms with Crippen molar-refractivity contribution in [2.45, 2.75) is 32.0 Å². The SMILES string of the molecule is O=C1CCC(=O)N1C(O)N1C(=O)CCC1=O. The average Bonchev–Trinajstić information content (AvgIpc) is 2.71. The maximum atomic E-state index is 11.3. The predicted octanol–water partition coefficient (Wildman–Crippen LogP) is -1.44. The lowest BCUT2D eigenvalue weighted by molar-refractivity contribution is -0.173. The number of carbonyl (C=O) groups excluding carboxylic acids is 4. The van der Waals surface area contributed by atoms with Gasteiger partial charge in [0.05, 0.1) is 0 Å². The monoisotopic (exact) mass is 226 g/mol. The summed E-state index contributed by atoms with van der Waals surface area (Å²) in [4.78, 5) is 46.3. The molecular formula is C9H10N2O5. The molecule has 0 aliphatic carbocycles. The molecule has 7 heteroatoms. The lowest BCUT2D eigenvalue weighted by Gasteiger charge is -2.27. The molecule has 0 aromatic heterocycles. The Balaban J connectivity index is 2.21. The molecule has 7 nitrogen and oxygen atoms in total. The Hall–Kier alpha value is -1.76. The number of likely N-dealkylation sites (tertiary alicyclic amines) is 2. The summed E-state index contributed by atoms with van der Waals surface area (Å²) in [5.74, 6) is -2.26. The van der Waals surface area contributed by atoms with Crippen molar-refractivity contribution in [3.8, 4) is 0 Å². The van der Waals surface area contributed by atoms with Crippen molar-refractivity contribution in [1.82, 2.24) is 9.80 Å². The first kappa shape index (κ1) is 10.7. The van der Waals surface area contributed by atoms with Crippen molar-refractivity contribution in [3.05, 3.63) is 0 Å². The Morgan fingerprint density at radius 1 is 0.750 bits per heavy atom. The lowest BCUT2D eigenvalue weighted by Crippen LogP contribution is -2.52. The molecule has 2 fully saturated rings. The molecule has 0 unspecified atom stereocenters. The number of amides is 4. The van der Waals surface area contributed by atoms with Gasteiger partial charge in [-0.15, -0.1) is 0 Å². The minimum absolute atomic E-state index is 0.00607. The van der Waals surface area contributed by atoms with Crippen molar-refractivity contribution < 1.29 is 24.3 Å². The number of nitrogens with zero attached hydrogens (tertiary/aromatic N) is 2. The lowest BCUT2D eigenvalue weighted by atomic mass is 10.4. The van der Waals surface area contributed by atoms with Crippen LogP contribution in [0.15, 0.2) is 0 Å². The highest BCUT2D eigenvalue weighted by atomic mass is 16.3. The molecule has 2 aliphatic heterocycles. The van der Waals surface area contributed by atoms with Crippen LogP contribution in [0.5, 0.6) is 0 Å². The van der Waals surface area contributed by atoms with E-state index >= 15 is 0 Å². The standard InChI is InChI=1S/C9H10N2O5/c12-5-1-2-6(13)10(5)9(16)11-7(14)3-4-8(11)15/h9,16H,1-4H2. The van der Waals surface area contributed by atoms with Crippen molar-refractivity contribution in [1.29, 1.82) is 0 Å². The first-order chi connectivity index (χ1) is 7.52. The molecule has 0 saturated carbocycles. The molecule has 4 amide bonds. The van der Waals surface area contributed by atoms with Crippen LogP contribution in [0.4, 0.5) is 0 Å². The minimum Gasteiger partial charge on any atom is -0.355 e. The van der Waals surface area contributed by atoms with E-state index in [1.54, 1.807) is 0 Å². The zero-order valence-corrected chi connectivity index (χ0v) is 8.38. The van der Waals surface area contributed by atoms with Crippen LogP contribution in [-0.4, -0.2) is 44.9 Å². The fraction of sp³-hybridized carbons (Fsp3) is 0.556. The highest BCUT2D eigenvalue weighted by Crippen LogP contribution is 2.21. The van der Waals surface area contributed by atoms with Gasteiger partial charge < -0.3 is 5.11 Å². The molecule has 0 radical (unpaired) electrons. The van der Waals surface area contributed by atoms with E-state index in [9.17, 15) is 24.3 Å². The van der Waals surface area contributed by atoms with Gasteiger partial charge in [-0.05, 0) is 0 Å². The zero-order valence-electron chi connectivity index (χ0n) is 8.38. The van der Waals surface area contributed by atoms with Gasteiger partial charge in [0.15, 0.2) is 0 Å². The summed E-state index contributed by atoms with van der Waals surface area (Å²) < 4.78 is 0. The van der Waals surface area contributed by atoms with Crippen LogP contribution in [0.1, 0.15) is 25.7 Å². The molecule has 0 atom stereocenters. The van der Waals surface area contributed by atoms with Crippen molar-refractivity contribution >= 4 is 23.6 Å². The summed E-state index contributed by atoms with van der Waals surface area (Å²) in [7, 11) is 0. The molecule has 0 spiro atoms. The van der Waals surface area contributed by atoms with Crippen LogP contribution in [0.3, 0.4) is 0 Å². The van der Waals surface area contributed by atoms with Gasteiger partial charge in [-0.2, -0.15) is 0 Å². The third-order valence-electron chi connectivity index (χ3n) is 2.64. The third-order valence-corrected chi connectivity index (χ3v) is 2.64. The summed E-state index contributed by atoms with van der Waals surface area (Å²) in [6.45, 7) is 0. The molecule has 0 aromatic carbocycles. The van der Waals surface area contributed by atoms with E-state index < -0.39 is 30.0 Å². The summed E-state index contributed by atoms with van der Waals surface area (Å²) in [6.07, 6.45) is -1.75. The number of hydrogen-bond donors (Lipinski definition) is 1. The van der Waals surface area contributed by atoms with Gasteiger partial charge in [0.2, 0.25) is 30.0 Å².